The van der Waals surface area contributed by atoms with E-state index in [0.29, 0.717) is 6.54 Å². The molecule has 2 atom stereocenters. The fraction of sp³-hybridized carbons (Fsp3) is 0.545. The number of hydrogen-bond acceptors (Lipinski definition) is 7. The van der Waals surface area contributed by atoms with Crippen LogP contribution in [-0.4, -0.2) is 61.3 Å². The molecule has 1 unspecified atom stereocenters. The Kier molecular flexibility index (Phi) is 8.52. The molecule has 3 rings (SSSR count). The van der Waals surface area contributed by atoms with Crippen LogP contribution in [0.15, 0.2) is 36.7 Å². The van der Waals surface area contributed by atoms with Crippen molar-refractivity contribution in [2.24, 2.45) is 5.73 Å². The lowest BCUT2D eigenvalue weighted by molar-refractivity contribution is 0.0290. The number of benzene rings is 1. The SMILES string of the molecule is CN(C)Cc1ccc(C(N)CCc2nccnc2CNC[C@@H]2CNCCO2)cc1. The summed E-state index contributed by atoms with van der Waals surface area (Å²) < 4.78 is 5.72. The molecule has 0 aliphatic carbocycles. The summed E-state index contributed by atoms with van der Waals surface area (Å²) >= 11 is 0. The van der Waals surface area contributed by atoms with Crippen molar-refractivity contribution in [2.45, 2.75) is 38.1 Å². The molecule has 1 saturated heterocycles. The molecule has 158 valence electrons. The van der Waals surface area contributed by atoms with Gasteiger partial charge in [0.1, 0.15) is 0 Å². The van der Waals surface area contributed by atoms with Crippen LogP contribution in [-0.2, 0) is 24.2 Å². The molecule has 1 fully saturated rings. The highest BCUT2D eigenvalue weighted by Gasteiger charge is 2.14. The molecule has 0 bridgehead atoms. The van der Waals surface area contributed by atoms with E-state index in [1.54, 1.807) is 12.4 Å². The number of rotatable bonds is 10. The maximum atomic E-state index is 6.44. The predicted octanol–water partition coefficient (Wildman–Crippen LogP) is 1.25. The van der Waals surface area contributed by atoms with Gasteiger partial charge in [-0.2, -0.15) is 0 Å². The molecular weight excluding hydrogens is 364 g/mol. The minimum absolute atomic E-state index is 0.00654. The molecule has 7 heteroatoms. The quantitative estimate of drug-likeness (QED) is 0.555. The van der Waals surface area contributed by atoms with Crippen LogP contribution in [0.5, 0.6) is 0 Å². The minimum atomic E-state index is -0.00654. The lowest BCUT2D eigenvalue weighted by Gasteiger charge is -2.23. The van der Waals surface area contributed by atoms with Gasteiger partial charge in [0.15, 0.2) is 0 Å². The van der Waals surface area contributed by atoms with Crippen molar-refractivity contribution < 1.29 is 4.74 Å². The summed E-state index contributed by atoms with van der Waals surface area (Å²) in [6.07, 6.45) is 5.38. The molecule has 7 nitrogen and oxygen atoms in total. The van der Waals surface area contributed by atoms with Crippen molar-refractivity contribution in [3.63, 3.8) is 0 Å². The van der Waals surface area contributed by atoms with Gasteiger partial charge in [-0.15, -0.1) is 0 Å². The number of nitrogens with two attached hydrogens (primary N) is 1. The monoisotopic (exact) mass is 398 g/mol. The number of hydrogen-bond donors (Lipinski definition) is 3. The van der Waals surface area contributed by atoms with E-state index < -0.39 is 0 Å². The first-order valence-electron chi connectivity index (χ1n) is 10.4. The van der Waals surface area contributed by atoms with Crippen molar-refractivity contribution in [3.8, 4) is 0 Å². The van der Waals surface area contributed by atoms with E-state index in [-0.39, 0.29) is 12.1 Å². The van der Waals surface area contributed by atoms with Crippen molar-refractivity contribution >= 4 is 0 Å². The van der Waals surface area contributed by atoms with Crippen LogP contribution < -0.4 is 16.4 Å². The van der Waals surface area contributed by atoms with Gasteiger partial charge in [0.05, 0.1) is 24.1 Å². The van der Waals surface area contributed by atoms with Crippen LogP contribution in [0.4, 0.5) is 0 Å². The highest BCUT2D eigenvalue weighted by Crippen LogP contribution is 2.18. The first-order chi connectivity index (χ1) is 14.1. The van der Waals surface area contributed by atoms with Crippen LogP contribution in [0.1, 0.15) is 35.0 Å². The van der Waals surface area contributed by atoms with E-state index in [1.807, 2.05) is 0 Å². The van der Waals surface area contributed by atoms with E-state index in [2.05, 4.69) is 63.9 Å². The summed E-state index contributed by atoms with van der Waals surface area (Å²) in [4.78, 5) is 11.2. The van der Waals surface area contributed by atoms with Crippen molar-refractivity contribution in [1.82, 2.24) is 25.5 Å². The Labute approximate surface area is 174 Å². The molecule has 0 saturated carbocycles. The average Bonchev–Trinajstić information content (AvgIpc) is 2.74. The summed E-state index contributed by atoms with van der Waals surface area (Å²) in [7, 11) is 4.15. The number of aryl methyl sites for hydroxylation is 1. The molecule has 29 heavy (non-hydrogen) atoms. The van der Waals surface area contributed by atoms with Crippen LogP contribution in [0, 0.1) is 0 Å². The van der Waals surface area contributed by atoms with Gasteiger partial charge in [-0.3, -0.25) is 9.97 Å². The fourth-order valence-corrected chi connectivity index (χ4v) is 3.55. The molecule has 1 aromatic carbocycles. The molecule has 2 heterocycles. The number of aromatic nitrogens is 2. The third-order valence-electron chi connectivity index (χ3n) is 5.13. The Morgan fingerprint density at radius 2 is 1.97 bits per heavy atom. The lowest BCUT2D eigenvalue weighted by Crippen LogP contribution is -2.43. The molecule has 1 aliphatic heterocycles. The second-order valence-corrected chi connectivity index (χ2v) is 7.90. The van der Waals surface area contributed by atoms with E-state index in [0.717, 1.165) is 62.6 Å². The molecular formula is C22H34N6O. The van der Waals surface area contributed by atoms with E-state index in [4.69, 9.17) is 10.5 Å². The summed E-state index contributed by atoms with van der Waals surface area (Å²) in [5, 5.41) is 6.80. The lowest BCUT2D eigenvalue weighted by atomic mass is 10.00. The molecule has 0 spiro atoms. The third kappa shape index (κ3) is 7.13. The highest BCUT2D eigenvalue weighted by atomic mass is 16.5. The summed E-state index contributed by atoms with van der Waals surface area (Å²) in [5.41, 5.74) is 10.9. The third-order valence-corrected chi connectivity index (χ3v) is 5.13. The molecule has 4 N–H and O–H groups in total. The van der Waals surface area contributed by atoms with Gasteiger partial charge in [-0.05, 0) is 38.1 Å². The van der Waals surface area contributed by atoms with Gasteiger partial charge in [-0.25, -0.2) is 0 Å². The van der Waals surface area contributed by atoms with Crippen molar-refractivity contribution in [3.05, 3.63) is 59.2 Å². The number of ether oxygens (including phenoxy) is 1. The Hall–Kier alpha value is -1.90. The second kappa shape index (κ2) is 11.3. The molecule has 1 aromatic heterocycles. The molecule has 2 aromatic rings. The Morgan fingerprint density at radius 3 is 2.66 bits per heavy atom. The number of morpholine rings is 1. The zero-order valence-electron chi connectivity index (χ0n) is 17.6. The first-order valence-corrected chi connectivity index (χ1v) is 10.4. The van der Waals surface area contributed by atoms with E-state index in [1.165, 1.54) is 5.56 Å². The summed E-state index contributed by atoms with van der Waals surface area (Å²) in [6, 6.07) is 8.60. The Bertz CT molecular complexity index is 730. The van der Waals surface area contributed by atoms with Crippen LogP contribution >= 0.6 is 0 Å². The summed E-state index contributed by atoms with van der Waals surface area (Å²) in [6.45, 7) is 5.04. The Morgan fingerprint density at radius 1 is 1.21 bits per heavy atom. The molecule has 1 aliphatic rings. The average molecular weight is 399 g/mol. The molecule has 0 radical (unpaired) electrons. The topological polar surface area (TPSA) is 88.3 Å². The predicted molar refractivity (Wildman–Crippen MR) is 115 cm³/mol. The highest BCUT2D eigenvalue weighted by molar-refractivity contribution is 5.25. The minimum Gasteiger partial charge on any atom is -0.374 e. The van der Waals surface area contributed by atoms with Gasteiger partial charge in [0.25, 0.3) is 0 Å². The maximum Gasteiger partial charge on any atom is 0.0824 e. The zero-order valence-corrected chi connectivity index (χ0v) is 17.6. The van der Waals surface area contributed by atoms with E-state index >= 15 is 0 Å². The second-order valence-electron chi connectivity index (χ2n) is 7.90. The van der Waals surface area contributed by atoms with Gasteiger partial charge in [0, 0.05) is 51.2 Å². The van der Waals surface area contributed by atoms with Gasteiger partial charge < -0.3 is 26.0 Å². The summed E-state index contributed by atoms with van der Waals surface area (Å²) in [5.74, 6) is 0. The number of nitrogens with zero attached hydrogens (tertiary/aromatic N) is 3. The van der Waals surface area contributed by atoms with Gasteiger partial charge in [-0.1, -0.05) is 24.3 Å². The Balaban J connectivity index is 1.49. The van der Waals surface area contributed by atoms with Crippen LogP contribution in [0.3, 0.4) is 0 Å². The fourth-order valence-electron chi connectivity index (χ4n) is 3.55. The van der Waals surface area contributed by atoms with Gasteiger partial charge >= 0.3 is 0 Å². The van der Waals surface area contributed by atoms with Crippen molar-refractivity contribution in [2.75, 3.05) is 40.3 Å². The van der Waals surface area contributed by atoms with Crippen LogP contribution in [0.25, 0.3) is 0 Å². The smallest absolute Gasteiger partial charge is 0.0824 e. The normalized spacial score (nSPS) is 18.1. The molecule has 0 amide bonds. The zero-order chi connectivity index (χ0) is 20.5. The maximum absolute atomic E-state index is 6.44. The van der Waals surface area contributed by atoms with Crippen LogP contribution in [0.2, 0.25) is 0 Å². The van der Waals surface area contributed by atoms with Crippen molar-refractivity contribution in [1.29, 1.82) is 0 Å². The first kappa shape index (κ1) is 21.8. The standard InChI is InChI=1S/C22H34N6O/c1-28(2)16-17-3-5-18(6-4-17)20(23)7-8-21-22(27-10-9-26-21)15-25-14-19-13-24-11-12-29-19/h3-6,9-10,19-20,24-25H,7-8,11-16,23H2,1-2H3/t19-,20?/m0/s1. The number of nitrogens with one attached hydrogen (secondary N) is 2. The van der Waals surface area contributed by atoms with E-state index in [9.17, 15) is 0 Å². The largest absolute Gasteiger partial charge is 0.374 e. The van der Waals surface area contributed by atoms with Gasteiger partial charge in [0.2, 0.25) is 0 Å².